The normalized spacial score (nSPS) is 54.5. The molecule has 3 N–H and O–H groups in total. The van der Waals surface area contributed by atoms with Crippen LogP contribution in [0.2, 0.25) is 0 Å². The molecule has 11 atom stereocenters. The summed E-state index contributed by atoms with van der Waals surface area (Å²) >= 11 is 0. The van der Waals surface area contributed by atoms with Gasteiger partial charge in [-0.15, -0.1) is 0 Å². The molecule has 1 saturated heterocycles. The molecule has 2 unspecified atom stereocenters. The Morgan fingerprint density at radius 3 is 2.60 bits per heavy atom. The van der Waals surface area contributed by atoms with Crippen LogP contribution in [0, 0.1) is 46.3 Å². The summed E-state index contributed by atoms with van der Waals surface area (Å²) in [6.45, 7) is 11.0. The zero-order valence-corrected chi connectivity index (χ0v) is 19.7. The van der Waals surface area contributed by atoms with Gasteiger partial charge in [-0.1, -0.05) is 39.3 Å². The Morgan fingerprint density at radius 1 is 1.07 bits per heavy atom. The first kappa shape index (κ1) is 21.5. The molecule has 4 aliphatic carbocycles. The highest BCUT2D eigenvalue weighted by atomic mass is 16.3. The third-order valence-corrected chi connectivity index (χ3v) is 11.1. The van der Waals surface area contributed by atoms with Crippen LogP contribution in [0.4, 0.5) is 0 Å². The molecule has 0 amide bonds. The highest BCUT2D eigenvalue weighted by Crippen LogP contribution is 2.67. The first-order valence-corrected chi connectivity index (χ1v) is 13.0. The Balaban J connectivity index is 1.39. The van der Waals surface area contributed by atoms with E-state index in [1.165, 1.54) is 32.1 Å². The molecule has 0 aromatic heterocycles. The zero-order chi connectivity index (χ0) is 21.3. The van der Waals surface area contributed by atoms with Crippen LogP contribution in [0.15, 0.2) is 11.6 Å². The minimum Gasteiger partial charge on any atom is -0.393 e. The Hall–Kier alpha value is -0.380. The molecule has 1 heterocycles. The second-order valence-electron chi connectivity index (χ2n) is 12.6. The van der Waals surface area contributed by atoms with Crippen LogP contribution in [0.3, 0.4) is 0 Å². The number of piperidine rings is 1. The Kier molecular flexibility index (Phi) is 5.43. The number of fused-ring (bicyclic) bond motifs is 5. The summed E-state index contributed by atoms with van der Waals surface area (Å²) in [5, 5.41) is 25.5. The van der Waals surface area contributed by atoms with E-state index in [2.05, 4.69) is 39.1 Å². The third kappa shape index (κ3) is 3.17. The van der Waals surface area contributed by atoms with Crippen LogP contribution in [0.5, 0.6) is 0 Å². The second-order valence-corrected chi connectivity index (χ2v) is 12.6. The summed E-state index contributed by atoms with van der Waals surface area (Å²) in [5.41, 5.74) is 2.12. The third-order valence-electron chi connectivity index (χ3n) is 11.1. The van der Waals surface area contributed by atoms with Gasteiger partial charge in [-0.05, 0) is 111 Å². The van der Waals surface area contributed by atoms with Crippen molar-refractivity contribution >= 4 is 0 Å². The van der Waals surface area contributed by atoms with Gasteiger partial charge < -0.3 is 15.5 Å². The van der Waals surface area contributed by atoms with E-state index < -0.39 is 0 Å². The van der Waals surface area contributed by atoms with Crippen LogP contribution in [0.25, 0.3) is 0 Å². The monoisotopic (exact) mass is 415 g/mol. The highest BCUT2D eigenvalue weighted by molar-refractivity contribution is 5.25. The lowest BCUT2D eigenvalue weighted by molar-refractivity contribution is -0.0655. The van der Waals surface area contributed by atoms with Crippen molar-refractivity contribution in [3.63, 3.8) is 0 Å². The zero-order valence-electron chi connectivity index (χ0n) is 19.7. The molecule has 0 spiro atoms. The van der Waals surface area contributed by atoms with Gasteiger partial charge in [0, 0.05) is 6.04 Å². The number of nitrogens with one attached hydrogen (secondary N) is 1. The predicted molar refractivity (Wildman–Crippen MR) is 122 cm³/mol. The van der Waals surface area contributed by atoms with Gasteiger partial charge in [-0.25, -0.2) is 0 Å². The van der Waals surface area contributed by atoms with Crippen LogP contribution < -0.4 is 5.32 Å². The van der Waals surface area contributed by atoms with Crippen molar-refractivity contribution < 1.29 is 10.2 Å². The van der Waals surface area contributed by atoms with Crippen molar-refractivity contribution in [1.82, 2.24) is 5.32 Å². The van der Waals surface area contributed by atoms with Crippen LogP contribution in [-0.4, -0.2) is 35.0 Å². The molecule has 1 aliphatic heterocycles. The van der Waals surface area contributed by atoms with Crippen molar-refractivity contribution in [2.45, 2.75) is 104 Å². The Bertz CT molecular complexity index is 682. The predicted octanol–water partition coefficient (Wildman–Crippen LogP) is 4.92. The quantitative estimate of drug-likeness (QED) is 0.561. The maximum atomic E-state index is 11.4. The number of rotatable bonds is 2. The fourth-order valence-corrected chi connectivity index (χ4v) is 9.36. The molecule has 30 heavy (non-hydrogen) atoms. The number of aliphatic hydroxyl groups is 2. The van der Waals surface area contributed by atoms with Gasteiger partial charge in [0.25, 0.3) is 0 Å². The maximum Gasteiger partial charge on any atom is 0.0579 e. The highest BCUT2D eigenvalue weighted by Gasteiger charge is 2.62. The van der Waals surface area contributed by atoms with Crippen molar-refractivity contribution in [3.8, 4) is 0 Å². The van der Waals surface area contributed by atoms with Gasteiger partial charge in [0.1, 0.15) is 0 Å². The average Bonchev–Trinajstić information content (AvgIpc) is 2.98. The van der Waals surface area contributed by atoms with Crippen molar-refractivity contribution in [3.05, 3.63) is 11.6 Å². The summed E-state index contributed by atoms with van der Waals surface area (Å²) in [7, 11) is 0. The molecule has 4 fully saturated rings. The minimum absolute atomic E-state index is 0.126. The summed E-state index contributed by atoms with van der Waals surface area (Å²) in [6.07, 6.45) is 12.6. The lowest BCUT2D eigenvalue weighted by Gasteiger charge is -2.58. The number of allylic oxidation sites excluding steroid dienone is 1. The Labute approximate surface area is 184 Å². The van der Waals surface area contributed by atoms with Gasteiger partial charge in [0.2, 0.25) is 0 Å². The smallest absolute Gasteiger partial charge is 0.0579 e. The number of aliphatic hydroxyl groups excluding tert-OH is 2. The van der Waals surface area contributed by atoms with Gasteiger partial charge >= 0.3 is 0 Å². The fraction of sp³-hybridized carbons (Fsp3) is 0.926. The standard InChI is InChI=1S/C27H45NO2/c1-16-5-8-23(28-15-16)17(2)25-24(30)14-22-20-7-6-18-13-19(29)9-11-26(18,3)21(20)10-12-27(22,25)4/h6,16-17,19-25,28-30H,5,7-15H2,1-4H3/t16?,17-,19+,20-,21+,22+,23?,24-,25+,26+,27+/m1/s1. The molecule has 3 nitrogen and oxygen atoms in total. The minimum atomic E-state index is -0.138. The first-order valence-electron chi connectivity index (χ1n) is 13.0. The lowest BCUT2D eigenvalue weighted by Crippen LogP contribution is -2.53. The van der Waals surface area contributed by atoms with Crippen LogP contribution >= 0.6 is 0 Å². The van der Waals surface area contributed by atoms with E-state index in [9.17, 15) is 10.2 Å². The van der Waals surface area contributed by atoms with Crippen LogP contribution in [-0.2, 0) is 0 Å². The van der Waals surface area contributed by atoms with Gasteiger partial charge in [0.15, 0.2) is 0 Å². The average molecular weight is 416 g/mol. The van der Waals surface area contributed by atoms with Gasteiger partial charge in [-0.3, -0.25) is 0 Å². The molecular weight excluding hydrogens is 370 g/mol. The van der Waals surface area contributed by atoms with Gasteiger partial charge in [-0.2, -0.15) is 0 Å². The lowest BCUT2D eigenvalue weighted by atomic mass is 9.47. The van der Waals surface area contributed by atoms with E-state index in [-0.39, 0.29) is 17.6 Å². The van der Waals surface area contributed by atoms with Crippen molar-refractivity contribution in [2.75, 3.05) is 6.54 Å². The van der Waals surface area contributed by atoms with E-state index in [1.54, 1.807) is 5.57 Å². The Morgan fingerprint density at radius 2 is 1.87 bits per heavy atom. The molecule has 3 heteroatoms. The molecule has 0 radical (unpaired) electrons. The van der Waals surface area contributed by atoms with E-state index in [0.29, 0.717) is 29.2 Å². The van der Waals surface area contributed by atoms with E-state index in [1.807, 2.05) is 0 Å². The number of hydrogen-bond donors (Lipinski definition) is 3. The summed E-state index contributed by atoms with van der Waals surface area (Å²) in [5.74, 6) is 3.90. The van der Waals surface area contributed by atoms with E-state index >= 15 is 0 Å². The first-order chi connectivity index (χ1) is 14.2. The molecule has 5 aliphatic rings. The molecule has 0 bridgehead atoms. The van der Waals surface area contributed by atoms with E-state index in [0.717, 1.165) is 50.0 Å². The largest absolute Gasteiger partial charge is 0.393 e. The number of hydrogen-bond acceptors (Lipinski definition) is 3. The van der Waals surface area contributed by atoms with Gasteiger partial charge in [0.05, 0.1) is 12.2 Å². The summed E-state index contributed by atoms with van der Waals surface area (Å²) in [6, 6.07) is 0.573. The molecule has 0 aromatic rings. The van der Waals surface area contributed by atoms with Crippen molar-refractivity contribution in [2.24, 2.45) is 46.3 Å². The fourth-order valence-electron chi connectivity index (χ4n) is 9.36. The topological polar surface area (TPSA) is 52.5 Å². The molecule has 170 valence electrons. The van der Waals surface area contributed by atoms with Crippen molar-refractivity contribution in [1.29, 1.82) is 0 Å². The SMILES string of the molecule is CC1CCC([C@@H](C)[C@H]2[C@H](O)C[C@H]3[C@@H]4CC=C5C[C@@H](O)CC[C@]5(C)[C@H]4CC[C@]23C)NC1. The summed E-state index contributed by atoms with van der Waals surface area (Å²) in [4.78, 5) is 0. The second kappa shape index (κ2) is 7.59. The van der Waals surface area contributed by atoms with Crippen LogP contribution in [0.1, 0.15) is 85.5 Å². The van der Waals surface area contributed by atoms with E-state index in [4.69, 9.17) is 0 Å². The molecular formula is C27H45NO2. The molecule has 5 rings (SSSR count). The molecule has 3 saturated carbocycles. The maximum absolute atomic E-state index is 11.4. The summed E-state index contributed by atoms with van der Waals surface area (Å²) < 4.78 is 0. The molecule has 0 aromatic carbocycles.